The third-order valence-corrected chi connectivity index (χ3v) is 5.64. The van der Waals surface area contributed by atoms with E-state index >= 15 is 0 Å². The van der Waals surface area contributed by atoms with Gasteiger partial charge in [-0.1, -0.05) is 35.9 Å². The lowest BCUT2D eigenvalue weighted by Crippen LogP contribution is -2.59. The van der Waals surface area contributed by atoms with Gasteiger partial charge < -0.3 is 44.7 Å². The molecule has 0 bridgehead atoms. The zero-order valence-electron chi connectivity index (χ0n) is 18.7. The van der Waals surface area contributed by atoms with Crippen LogP contribution in [0.1, 0.15) is 21.5 Å². The first-order chi connectivity index (χ1) is 16.3. The van der Waals surface area contributed by atoms with E-state index in [-0.39, 0.29) is 28.7 Å². The van der Waals surface area contributed by atoms with Gasteiger partial charge in [0.05, 0.1) is 17.7 Å². The van der Waals surface area contributed by atoms with Crippen molar-refractivity contribution in [2.45, 2.75) is 43.9 Å². The molecule has 0 aliphatic carbocycles. The number of halogens is 1. The van der Waals surface area contributed by atoms with Gasteiger partial charge in [-0.3, -0.25) is 0 Å². The molecular weight excluding hydrogens is 470 g/mol. The minimum absolute atomic E-state index is 0.0773. The van der Waals surface area contributed by atoms with Crippen molar-refractivity contribution in [2.75, 3.05) is 20.8 Å². The van der Waals surface area contributed by atoms with Gasteiger partial charge in [0.2, 0.25) is 0 Å². The van der Waals surface area contributed by atoms with Crippen molar-refractivity contribution in [1.82, 2.24) is 0 Å². The molecule has 1 heterocycles. The van der Waals surface area contributed by atoms with E-state index in [1.165, 1.54) is 26.4 Å². The first kappa shape index (κ1) is 26.2. The van der Waals surface area contributed by atoms with E-state index in [2.05, 4.69) is 0 Å². The molecule has 0 radical (unpaired) electrons. The number of ether oxygens (including phenoxy) is 5. The lowest BCUT2D eigenvalue weighted by molar-refractivity contribution is -0.294. The van der Waals surface area contributed by atoms with Gasteiger partial charge in [0.15, 0.2) is 17.8 Å². The highest BCUT2D eigenvalue weighted by Gasteiger charge is 2.44. The summed E-state index contributed by atoms with van der Waals surface area (Å²) in [6.07, 6.45) is -6.75. The summed E-state index contributed by atoms with van der Waals surface area (Å²) in [5.74, 6) is -0.293. The Morgan fingerprint density at radius 1 is 1.09 bits per heavy atom. The van der Waals surface area contributed by atoms with E-state index in [1.54, 1.807) is 0 Å². The molecule has 186 valence electrons. The zero-order valence-corrected chi connectivity index (χ0v) is 19.5. The molecule has 5 atom stereocenters. The van der Waals surface area contributed by atoms with E-state index in [0.717, 1.165) is 11.1 Å². The van der Waals surface area contributed by atoms with Crippen LogP contribution in [-0.4, -0.2) is 72.8 Å². The second-order valence-electron chi connectivity index (χ2n) is 7.65. The maximum absolute atomic E-state index is 12.6. The van der Waals surface area contributed by atoms with Crippen LogP contribution < -0.4 is 15.2 Å². The lowest BCUT2D eigenvalue weighted by Gasteiger charge is -2.39. The summed E-state index contributed by atoms with van der Waals surface area (Å²) in [5.41, 5.74) is 7.60. The molecule has 1 unspecified atom stereocenters. The maximum Gasteiger partial charge on any atom is 0.338 e. The molecule has 1 aliphatic rings. The average Bonchev–Trinajstić information content (AvgIpc) is 2.85. The Bertz CT molecular complexity index is 987. The topological polar surface area (TPSA) is 150 Å². The normalized spacial score (nSPS) is 24.5. The molecule has 5 N–H and O–H groups in total. The molecule has 2 aromatic carbocycles. The second-order valence-corrected chi connectivity index (χ2v) is 8.06. The standard InChI is InChI=1S/C23H28ClNO9/c1-30-16-8-14(7-15(24)21(16)32-10-13-5-3-4-12(6-13)9-25)22(29)33-11-17-18(26)19(27)20(28)23(31-2)34-17/h3-8,17-20,23,26-28H,9-11,25H2,1-2H3/t17-,18-,19+,20-,23?/m1/s1. The van der Waals surface area contributed by atoms with Gasteiger partial charge in [0, 0.05) is 13.7 Å². The monoisotopic (exact) mass is 497 g/mol. The Labute approximate surface area is 201 Å². The Morgan fingerprint density at radius 2 is 1.82 bits per heavy atom. The molecule has 10 nitrogen and oxygen atoms in total. The molecule has 11 heteroatoms. The molecule has 0 aromatic heterocycles. The maximum atomic E-state index is 12.6. The number of hydrogen-bond acceptors (Lipinski definition) is 10. The third kappa shape index (κ3) is 5.97. The van der Waals surface area contributed by atoms with Crippen LogP contribution in [0.15, 0.2) is 36.4 Å². The molecule has 34 heavy (non-hydrogen) atoms. The van der Waals surface area contributed by atoms with E-state index in [9.17, 15) is 20.1 Å². The largest absolute Gasteiger partial charge is 0.493 e. The minimum Gasteiger partial charge on any atom is -0.493 e. The van der Waals surface area contributed by atoms with Crippen LogP contribution >= 0.6 is 11.6 Å². The van der Waals surface area contributed by atoms with Gasteiger partial charge in [0.1, 0.15) is 37.6 Å². The number of nitrogens with two attached hydrogens (primary N) is 1. The molecule has 2 aromatic rings. The number of aliphatic hydroxyl groups excluding tert-OH is 3. The number of rotatable bonds is 9. The number of methoxy groups -OCH3 is 2. The SMILES string of the molecule is COc1cc(C(=O)OC[C@H]2OC(OC)[C@H](O)[C@@H](O)[C@@H]2O)cc(Cl)c1OCc1cccc(CN)c1. The Hall–Kier alpha value is -2.44. The van der Waals surface area contributed by atoms with E-state index < -0.39 is 43.3 Å². The first-order valence-corrected chi connectivity index (χ1v) is 10.8. The van der Waals surface area contributed by atoms with Crippen LogP contribution in [0.2, 0.25) is 5.02 Å². The molecule has 0 saturated carbocycles. The number of esters is 1. The van der Waals surface area contributed by atoms with Crippen molar-refractivity contribution in [3.8, 4) is 11.5 Å². The molecular formula is C23H28ClNO9. The minimum atomic E-state index is -1.53. The highest BCUT2D eigenvalue weighted by molar-refractivity contribution is 6.32. The fourth-order valence-electron chi connectivity index (χ4n) is 3.47. The third-order valence-electron chi connectivity index (χ3n) is 5.35. The van der Waals surface area contributed by atoms with Gasteiger partial charge in [-0.05, 0) is 23.3 Å². The van der Waals surface area contributed by atoms with Crippen molar-refractivity contribution >= 4 is 17.6 Å². The van der Waals surface area contributed by atoms with Crippen molar-refractivity contribution in [3.05, 3.63) is 58.1 Å². The van der Waals surface area contributed by atoms with Gasteiger partial charge in [-0.25, -0.2) is 4.79 Å². The summed E-state index contributed by atoms with van der Waals surface area (Å²) in [6, 6.07) is 10.4. The number of hydrogen-bond donors (Lipinski definition) is 4. The molecule has 0 spiro atoms. The Morgan fingerprint density at radius 3 is 2.50 bits per heavy atom. The smallest absolute Gasteiger partial charge is 0.338 e. The van der Waals surface area contributed by atoms with E-state index in [4.69, 9.17) is 41.0 Å². The fraction of sp³-hybridized carbons (Fsp3) is 0.435. The van der Waals surface area contributed by atoms with Gasteiger partial charge in [-0.2, -0.15) is 0 Å². The number of carbonyl (C=O) groups is 1. The van der Waals surface area contributed by atoms with Crippen molar-refractivity contribution in [2.24, 2.45) is 5.73 Å². The lowest BCUT2D eigenvalue weighted by atomic mass is 9.99. The predicted octanol–water partition coefficient (Wildman–Crippen LogP) is 0.997. The van der Waals surface area contributed by atoms with Gasteiger partial charge in [0.25, 0.3) is 0 Å². The molecule has 1 aliphatic heterocycles. The summed E-state index contributed by atoms with van der Waals surface area (Å²) < 4.78 is 26.7. The summed E-state index contributed by atoms with van der Waals surface area (Å²) in [4.78, 5) is 12.6. The van der Waals surface area contributed by atoms with Crippen LogP contribution in [0, 0.1) is 0 Å². The summed E-state index contributed by atoms with van der Waals surface area (Å²) in [7, 11) is 2.68. The Balaban J connectivity index is 1.67. The highest BCUT2D eigenvalue weighted by atomic mass is 35.5. The Kier molecular flexibility index (Phi) is 9.09. The summed E-state index contributed by atoms with van der Waals surface area (Å²) >= 11 is 6.35. The average molecular weight is 498 g/mol. The number of benzene rings is 2. The van der Waals surface area contributed by atoms with Crippen LogP contribution in [0.3, 0.4) is 0 Å². The quantitative estimate of drug-likeness (QED) is 0.369. The second kappa shape index (κ2) is 11.8. The van der Waals surface area contributed by atoms with Crippen LogP contribution in [-0.2, 0) is 27.4 Å². The fourth-order valence-corrected chi connectivity index (χ4v) is 3.74. The van der Waals surface area contributed by atoms with Crippen LogP contribution in [0.5, 0.6) is 11.5 Å². The predicted molar refractivity (Wildman–Crippen MR) is 121 cm³/mol. The van der Waals surface area contributed by atoms with Gasteiger partial charge >= 0.3 is 5.97 Å². The highest BCUT2D eigenvalue weighted by Crippen LogP contribution is 2.37. The van der Waals surface area contributed by atoms with Crippen LogP contribution in [0.25, 0.3) is 0 Å². The first-order valence-electron chi connectivity index (χ1n) is 10.5. The molecule has 1 fully saturated rings. The molecule has 1 saturated heterocycles. The van der Waals surface area contributed by atoms with Gasteiger partial charge in [-0.15, -0.1) is 0 Å². The van der Waals surface area contributed by atoms with E-state index in [1.807, 2.05) is 24.3 Å². The summed E-state index contributed by atoms with van der Waals surface area (Å²) in [5, 5.41) is 30.0. The number of carbonyl (C=O) groups excluding carboxylic acids is 1. The zero-order chi connectivity index (χ0) is 24.8. The molecule has 3 rings (SSSR count). The van der Waals surface area contributed by atoms with Crippen molar-refractivity contribution < 1.29 is 43.8 Å². The van der Waals surface area contributed by atoms with E-state index in [0.29, 0.717) is 6.54 Å². The number of aliphatic hydroxyl groups is 3. The summed E-state index contributed by atoms with van der Waals surface area (Å²) in [6.45, 7) is 0.210. The van der Waals surface area contributed by atoms with Crippen LogP contribution in [0.4, 0.5) is 0 Å². The van der Waals surface area contributed by atoms with Crippen molar-refractivity contribution in [1.29, 1.82) is 0 Å². The molecule has 0 amide bonds. The van der Waals surface area contributed by atoms with Crippen molar-refractivity contribution in [3.63, 3.8) is 0 Å².